The zero-order valence-electron chi connectivity index (χ0n) is 19.1. The lowest BCUT2D eigenvalue weighted by Crippen LogP contribution is -2.55. The third-order valence-electron chi connectivity index (χ3n) is 5.72. The Morgan fingerprint density at radius 3 is 2.50 bits per heavy atom. The largest absolute Gasteiger partial charge is 0.326 e. The number of sulfonamides is 1. The van der Waals surface area contributed by atoms with Crippen LogP contribution < -0.4 is 10.6 Å². The van der Waals surface area contributed by atoms with Crippen molar-refractivity contribution < 1.29 is 18.0 Å². The highest BCUT2D eigenvalue weighted by Crippen LogP contribution is 2.24. The van der Waals surface area contributed by atoms with Gasteiger partial charge in [0.05, 0.1) is 22.6 Å². The molecule has 0 spiro atoms. The van der Waals surface area contributed by atoms with Crippen molar-refractivity contribution in [3.63, 3.8) is 0 Å². The lowest BCUT2D eigenvalue weighted by atomic mass is 10.2. The number of carbonyl (C=O) groups excluding carboxylic acids is 2. The molecule has 1 aliphatic heterocycles. The van der Waals surface area contributed by atoms with Crippen molar-refractivity contribution in [2.75, 3.05) is 36.8 Å². The van der Waals surface area contributed by atoms with E-state index in [2.05, 4.69) is 15.6 Å². The molecule has 9 nitrogen and oxygen atoms in total. The Morgan fingerprint density at radius 2 is 1.79 bits per heavy atom. The average molecular weight is 482 g/mol. The van der Waals surface area contributed by atoms with E-state index in [1.807, 2.05) is 42.2 Å². The number of anilines is 2. The predicted molar refractivity (Wildman–Crippen MR) is 131 cm³/mol. The van der Waals surface area contributed by atoms with Crippen LogP contribution in [-0.2, 0) is 19.6 Å². The summed E-state index contributed by atoms with van der Waals surface area (Å²) in [6.07, 6.45) is 1.71. The Labute approximate surface area is 198 Å². The maximum Gasteiger partial charge on any atom is 0.243 e. The van der Waals surface area contributed by atoms with E-state index < -0.39 is 10.0 Å². The van der Waals surface area contributed by atoms with E-state index in [1.165, 1.54) is 23.4 Å². The first-order chi connectivity index (χ1) is 16.2. The first-order valence-electron chi connectivity index (χ1n) is 11.0. The van der Waals surface area contributed by atoms with E-state index >= 15 is 0 Å². The summed E-state index contributed by atoms with van der Waals surface area (Å²) in [6.45, 7) is 4.56. The molecule has 1 aliphatic rings. The van der Waals surface area contributed by atoms with Crippen molar-refractivity contribution in [1.82, 2.24) is 14.2 Å². The lowest BCUT2D eigenvalue weighted by Gasteiger charge is -2.38. The summed E-state index contributed by atoms with van der Waals surface area (Å²) < 4.78 is 27.8. The fraction of sp³-hybridized carbons (Fsp3) is 0.292. The summed E-state index contributed by atoms with van der Waals surface area (Å²) >= 11 is 0. The predicted octanol–water partition coefficient (Wildman–Crippen LogP) is 2.53. The quantitative estimate of drug-likeness (QED) is 0.560. The van der Waals surface area contributed by atoms with Crippen LogP contribution in [0.1, 0.15) is 13.8 Å². The third-order valence-corrected chi connectivity index (χ3v) is 7.75. The van der Waals surface area contributed by atoms with Crippen molar-refractivity contribution >= 4 is 44.1 Å². The Morgan fingerprint density at radius 1 is 1.03 bits per heavy atom. The molecule has 0 bridgehead atoms. The Balaban J connectivity index is 1.38. The molecule has 1 aromatic heterocycles. The van der Waals surface area contributed by atoms with Crippen LogP contribution in [-0.4, -0.2) is 66.6 Å². The number of hydrogen-bond donors (Lipinski definition) is 2. The minimum absolute atomic E-state index is 0.159. The fourth-order valence-electron chi connectivity index (χ4n) is 4.17. The van der Waals surface area contributed by atoms with Crippen molar-refractivity contribution in [2.45, 2.75) is 24.8 Å². The summed E-state index contributed by atoms with van der Waals surface area (Å²) in [5.74, 6) is -0.380. The highest BCUT2D eigenvalue weighted by Gasteiger charge is 2.34. The zero-order valence-corrected chi connectivity index (χ0v) is 19.9. The summed E-state index contributed by atoms with van der Waals surface area (Å²) in [5.41, 5.74) is 2.04. The highest BCUT2D eigenvalue weighted by atomic mass is 32.2. The molecule has 1 atom stereocenters. The Bertz CT molecular complexity index is 1310. The van der Waals surface area contributed by atoms with Crippen molar-refractivity contribution in [1.29, 1.82) is 0 Å². The molecule has 0 radical (unpaired) electrons. The van der Waals surface area contributed by atoms with Gasteiger partial charge in [-0.3, -0.25) is 19.5 Å². The minimum atomic E-state index is -3.69. The number of carbonyl (C=O) groups is 2. The maximum absolute atomic E-state index is 13.2. The molecule has 2 aromatic carbocycles. The molecule has 1 saturated heterocycles. The van der Waals surface area contributed by atoms with Crippen LogP contribution >= 0.6 is 0 Å². The molecule has 10 heteroatoms. The van der Waals surface area contributed by atoms with Crippen molar-refractivity contribution in [2.24, 2.45) is 0 Å². The lowest BCUT2D eigenvalue weighted by molar-refractivity contribution is -0.117. The second kappa shape index (κ2) is 9.88. The van der Waals surface area contributed by atoms with Gasteiger partial charge in [-0.05, 0) is 55.5 Å². The molecule has 1 unspecified atom stereocenters. The number of rotatable bonds is 6. The van der Waals surface area contributed by atoms with Gasteiger partial charge in [-0.15, -0.1) is 0 Å². The fourth-order valence-corrected chi connectivity index (χ4v) is 5.78. The number of amides is 2. The first-order valence-corrected chi connectivity index (χ1v) is 12.4. The van der Waals surface area contributed by atoms with Crippen LogP contribution in [0.3, 0.4) is 0 Å². The van der Waals surface area contributed by atoms with Crippen LogP contribution in [0.5, 0.6) is 0 Å². The van der Waals surface area contributed by atoms with Gasteiger partial charge in [-0.25, -0.2) is 8.42 Å². The van der Waals surface area contributed by atoms with Gasteiger partial charge in [0, 0.05) is 49.9 Å². The summed E-state index contributed by atoms with van der Waals surface area (Å²) in [6, 6.07) is 15.1. The number of pyridine rings is 1. The van der Waals surface area contributed by atoms with Gasteiger partial charge in [0.2, 0.25) is 21.8 Å². The maximum atomic E-state index is 13.2. The number of piperazine rings is 1. The molecule has 178 valence electrons. The van der Waals surface area contributed by atoms with Gasteiger partial charge < -0.3 is 10.6 Å². The monoisotopic (exact) mass is 481 g/mol. The Kier molecular flexibility index (Phi) is 6.92. The standard InChI is InChI=1S/C24H27N5O4S/c1-17-15-28(16-24(31)27-23-7-3-6-22-21(23)5-4-12-25-22)13-14-29(17)34(32,33)20-10-8-19(9-11-20)26-18(2)30/h3-12,17H,13-16H2,1-2H3,(H,26,30)(H,27,31). The second-order valence-electron chi connectivity index (χ2n) is 8.33. The number of benzene rings is 2. The second-order valence-corrected chi connectivity index (χ2v) is 10.2. The molecule has 3 aromatic rings. The van der Waals surface area contributed by atoms with Gasteiger partial charge in [0.15, 0.2) is 0 Å². The van der Waals surface area contributed by atoms with E-state index in [0.717, 1.165) is 10.9 Å². The number of nitrogens with one attached hydrogen (secondary N) is 2. The van der Waals surface area contributed by atoms with Gasteiger partial charge in [-0.1, -0.05) is 6.07 Å². The normalized spacial score (nSPS) is 17.4. The molecular weight excluding hydrogens is 454 g/mol. The van der Waals surface area contributed by atoms with Gasteiger partial charge >= 0.3 is 0 Å². The number of aromatic nitrogens is 1. The molecule has 2 amide bonds. The van der Waals surface area contributed by atoms with Gasteiger partial charge in [-0.2, -0.15) is 4.31 Å². The smallest absolute Gasteiger partial charge is 0.243 e. The Hall–Kier alpha value is -3.34. The van der Waals surface area contributed by atoms with Crippen LogP contribution in [0.2, 0.25) is 0 Å². The van der Waals surface area contributed by atoms with E-state index in [4.69, 9.17) is 0 Å². The highest BCUT2D eigenvalue weighted by molar-refractivity contribution is 7.89. The molecule has 34 heavy (non-hydrogen) atoms. The third kappa shape index (κ3) is 5.24. The van der Waals surface area contributed by atoms with Crippen molar-refractivity contribution in [3.8, 4) is 0 Å². The van der Waals surface area contributed by atoms with Crippen LogP contribution in [0.4, 0.5) is 11.4 Å². The SMILES string of the molecule is CC(=O)Nc1ccc(S(=O)(=O)N2CCN(CC(=O)Nc3cccc4ncccc34)CC2C)cc1. The number of nitrogens with zero attached hydrogens (tertiary/aromatic N) is 3. The number of hydrogen-bond acceptors (Lipinski definition) is 6. The minimum Gasteiger partial charge on any atom is -0.326 e. The summed E-state index contributed by atoms with van der Waals surface area (Å²) in [5, 5.41) is 6.45. The van der Waals surface area contributed by atoms with Crippen LogP contribution in [0.25, 0.3) is 10.9 Å². The molecule has 1 fully saturated rings. The van der Waals surface area contributed by atoms with E-state index in [-0.39, 0.29) is 35.8 Å². The summed E-state index contributed by atoms with van der Waals surface area (Å²) in [7, 11) is -3.69. The molecule has 2 heterocycles. The van der Waals surface area contributed by atoms with Crippen LogP contribution in [0.15, 0.2) is 65.7 Å². The van der Waals surface area contributed by atoms with E-state index in [1.54, 1.807) is 18.3 Å². The molecule has 4 rings (SSSR count). The first kappa shape index (κ1) is 23.8. The van der Waals surface area contributed by atoms with Crippen LogP contribution in [0, 0.1) is 0 Å². The number of fused-ring (bicyclic) bond motifs is 1. The van der Waals surface area contributed by atoms with E-state index in [0.29, 0.717) is 24.5 Å². The molecule has 0 saturated carbocycles. The topological polar surface area (TPSA) is 112 Å². The molecule has 2 N–H and O–H groups in total. The van der Waals surface area contributed by atoms with Crippen molar-refractivity contribution in [3.05, 3.63) is 60.8 Å². The average Bonchev–Trinajstić information content (AvgIpc) is 2.79. The molecule has 0 aliphatic carbocycles. The zero-order chi connectivity index (χ0) is 24.3. The van der Waals surface area contributed by atoms with Gasteiger partial charge in [0.1, 0.15) is 0 Å². The van der Waals surface area contributed by atoms with E-state index in [9.17, 15) is 18.0 Å². The molecular formula is C24H27N5O4S. The van der Waals surface area contributed by atoms with Gasteiger partial charge in [0.25, 0.3) is 0 Å². The summed E-state index contributed by atoms with van der Waals surface area (Å²) in [4.78, 5) is 30.3.